The Morgan fingerprint density at radius 2 is 1.82 bits per heavy atom. The number of benzene rings is 2. The van der Waals surface area contributed by atoms with Crippen molar-refractivity contribution in [2.75, 3.05) is 16.0 Å². The Morgan fingerprint density at radius 1 is 1.09 bits per heavy atom. The Balaban J connectivity index is 1.28. The van der Waals surface area contributed by atoms with Crippen molar-refractivity contribution >= 4 is 85.6 Å². The predicted molar refractivity (Wildman–Crippen MR) is 133 cm³/mol. The van der Waals surface area contributed by atoms with Gasteiger partial charge in [0.25, 0.3) is 0 Å². The van der Waals surface area contributed by atoms with Gasteiger partial charge in [0.2, 0.25) is 17.7 Å². The molecule has 0 bridgehead atoms. The number of nitrogens with zero attached hydrogens (tertiary/aromatic N) is 2. The van der Waals surface area contributed by atoms with Crippen molar-refractivity contribution in [3.05, 3.63) is 46.4 Å². The van der Waals surface area contributed by atoms with Gasteiger partial charge in [-0.05, 0) is 49.2 Å². The molecule has 0 radical (unpaired) electrons. The molecule has 1 N–H and O–H groups in total. The van der Waals surface area contributed by atoms with Crippen LogP contribution in [0.2, 0.25) is 10.0 Å². The van der Waals surface area contributed by atoms with E-state index in [0.29, 0.717) is 21.4 Å². The van der Waals surface area contributed by atoms with Gasteiger partial charge in [0.1, 0.15) is 0 Å². The molecule has 3 aromatic rings. The molecule has 33 heavy (non-hydrogen) atoms. The van der Waals surface area contributed by atoms with Gasteiger partial charge in [-0.15, -0.1) is 11.3 Å². The summed E-state index contributed by atoms with van der Waals surface area (Å²) in [5, 5.41) is 3.64. The largest absolute Gasteiger partial charge is 0.324 e. The number of anilines is 2. The number of carbonyl (C=O) groups excluding carboxylic acids is 3. The summed E-state index contributed by atoms with van der Waals surface area (Å²) in [6.07, 6.45) is 3.58. The van der Waals surface area contributed by atoms with Crippen LogP contribution in [0.5, 0.6) is 0 Å². The second kappa shape index (κ2) is 9.25. The second-order valence-electron chi connectivity index (χ2n) is 8.10. The van der Waals surface area contributed by atoms with E-state index in [1.165, 1.54) is 28.0 Å². The Labute approximate surface area is 208 Å². The number of hydrogen-bond donors (Lipinski definition) is 1. The van der Waals surface area contributed by atoms with Crippen LogP contribution in [0.3, 0.4) is 0 Å². The summed E-state index contributed by atoms with van der Waals surface area (Å²) >= 11 is 14.7. The molecule has 1 aliphatic carbocycles. The van der Waals surface area contributed by atoms with Crippen molar-refractivity contribution in [1.82, 2.24) is 4.98 Å². The smallest absolute Gasteiger partial charge is 0.237 e. The van der Waals surface area contributed by atoms with Crippen molar-refractivity contribution in [2.45, 2.75) is 30.0 Å². The van der Waals surface area contributed by atoms with Gasteiger partial charge < -0.3 is 5.32 Å². The molecule has 6 nitrogen and oxygen atoms in total. The summed E-state index contributed by atoms with van der Waals surface area (Å²) < 4.78 is 1.60. The second-order valence-corrected chi connectivity index (χ2v) is 11.2. The molecule has 2 fully saturated rings. The van der Waals surface area contributed by atoms with Crippen molar-refractivity contribution < 1.29 is 14.4 Å². The van der Waals surface area contributed by atoms with Crippen LogP contribution in [0, 0.1) is 11.8 Å². The lowest BCUT2D eigenvalue weighted by molar-refractivity contribution is -0.122. The van der Waals surface area contributed by atoms with E-state index in [1.54, 1.807) is 24.3 Å². The highest BCUT2D eigenvalue weighted by atomic mass is 35.5. The van der Waals surface area contributed by atoms with Gasteiger partial charge in [-0.25, -0.2) is 4.98 Å². The number of imide groups is 1. The lowest BCUT2D eigenvalue weighted by Gasteiger charge is -2.19. The summed E-state index contributed by atoms with van der Waals surface area (Å²) in [7, 11) is 0. The maximum absolute atomic E-state index is 12.9. The standard InChI is InChI=1S/C23H19Cl2N3O3S2/c24-12-5-7-17(16(25)9-12)26-20(29)11-32-23-27-18-8-6-13(10-19(18)33-23)28-21(30)14-3-1-2-4-15(14)22(28)31/h5-10,14-15H,1-4,11H2,(H,26,29)/t14-,15-/m0/s1. The number of thioether (sulfide) groups is 1. The normalized spacial score (nSPS) is 20.4. The lowest BCUT2D eigenvalue weighted by atomic mass is 9.81. The van der Waals surface area contributed by atoms with Gasteiger partial charge >= 0.3 is 0 Å². The topological polar surface area (TPSA) is 79.4 Å². The van der Waals surface area contributed by atoms with Gasteiger partial charge in [-0.2, -0.15) is 0 Å². The Hall–Kier alpha value is -2.13. The number of halogens is 2. The van der Waals surface area contributed by atoms with Crippen molar-refractivity contribution in [3.63, 3.8) is 0 Å². The minimum Gasteiger partial charge on any atom is -0.324 e. The zero-order chi connectivity index (χ0) is 23.1. The van der Waals surface area contributed by atoms with Gasteiger partial charge in [-0.3, -0.25) is 19.3 Å². The van der Waals surface area contributed by atoms with Crippen molar-refractivity contribution in [2.24, 2.45) is 11.8 Å². The van der Waals surface area contributed by atoms with Crippen LogP contribution in [0.25, 0.3) is 10.2 Å². The zero-order valence-electron chi connectivity index (χ0n) is 17.3. The molecule has 1 aromatic heterocycles. The molecule has 0 unspecified atom stereocenters. The van der Waals surface area contributed by atoms with Crippen LogP contribution in [0.4, 0.5) is 11.4 Å². The molecule has 10 heteroatoms. The SMILES string of the molecule is O=C(CSc1nc2ccc(N3C(=O)[C@H]4CCCC[C@@H]4C3=O)cc2s1)Nc1ccc(Cl)cc1Cl. The molecule has 3 amide bonds. The molecule has 2 atom stereocenters. The third kappa shape index (κ3) is 4.49. The first-order valence-electron chi connectivity index (χ1n) is 10.6. The Morgan fingerprint density at radius 3 is 2.52 bits per heavy atom. The van der Waals surface area contributed by atoms with E-state index in [0.717, 1.165) is 40.2 Å². The molecule has 2 aliphatic rings. The number of amides is 3. The third-order valence-electron chi connectivity index (χ3n) is 5.98. The van der Waals surface area contributed by atoms with Crippen LogP contribution >= 0.6 is 46.3 Å². The zero-order valence-corrected chi connectivity index (χ0v) is 20.5. The minimum absolute atomic E-state index is 0.0827. The third-order valence-corrected chi connectivity index (χ3v) is 8.69. The highest BCUT2D eigenvalue weighted by Crippen LogP contribution is 2.41. The van der Waals surface area contributed by atoms with E-state index in [4.69, 9.17) is 23.2 Å². The number of fused-ring (bicyclic) bond motifs is 2. The van der Waals surface area contributed by atoms with Crippen LogP contribution in [-0.4, -0.2) is 28.5 Å². The molecule has 2 aromatic carbocycles. The van der Waals surface area contributed by atoms with Gasteiger partial charge in [-0.1, -0.05) is 47.8 Å². The molecule has 2 heterocycles. The Kier molecular flexibility index (Phi) is 6.35. The molecule has 1 aliphatic heterocycles. The summed E-state index contributed by atoms with van der Waals surface area (Å²) in [6, 6.07) is 10.3. The quantitative estimate of drug-likeness (QED) is 0.329. The van der Waals surface area contributed by atoms with Crippen LogP contribution in [-0.2, 0) is 14.4 Å². The first-order valence-corrected chi connectivity index (χ1v) is 13.1. The van der Waals surface area contributed by atoms with Crippen LogP contribution in [0.1, 0.15) is 25.7 Å². The van der Waals surface area contributed by atoms with Crippen molar-refractivity contribution in [1.29, 1.82) is 0 Å². The maximum Gasteiger partial charge on any atom is 0.237 e. The fraction of sp³-hybridized carbons (Fsp3) is 0.304. The van der Waals surface area contributed by atoms with Gasteiger partial charge in [0.15, 0.2) is 4.34 Å². The highest BCUT2D eigenvalue weighted by molar-refractivity contribution is 8.01. The van der Waals surface area contributed by atoms with E-state index in [1.807, 2.05) is 12.1 Å². The molecular formula is C23H19Cl2N3O3S2. The molecule has 1 saturated heterocycles. The summed E-state index contributed by atoms with van der Waals surface area (Å²) in [5.74, 6) is -0.566. The number of carbonyl (C=O) groups is 3. The monoisotopic (exact) mass is 519 g/mol. The average Bonchev–Trinajstić information content (AvgIpc) is 3.32. The highest BCUT2D eigenvalue weighted by Gasteiger charge is 2.48. The number of nitrogens with one attached hydrogen (secondary N) is 1. The molecule has 170 valence electrons. The van der Waals surface area contributed by atoms with E-state index in [-0.39, 0.29) is 35.3 Å². The predicted octanol–water partition coefficient (Wildman–Crippen LogP) is 6.01. The van der Waals surface area contributed by atoms with Gasteiger partial charge in [0.05, 0.1) is 44.2 Å². The van der Waals surface area contributed by atoms with Gasteiger partial charge in [0, 0.05) is 5.02 Å². The fourth-order valence-electron chi connectivity index (χ4n) is 4.41. The number of thiazole rings is 1. The fourth-order valence-corrected chi connectivity index (χ4v) is 6.77. The number of rotatable bonds is 5. The lowest BCUT2D eigenvalue weighted by Crippen LogP contribution is -2.30. The van der Waals surface area contributed by atoms with E-state index >= 15 is 0 Å². The van der Waals surface area contributed by atoms with E-state index in [9.17, 15) is 14.4 Å². The molecule has 0 spiro atoms. The first kappa shape index (κ1) is 22.7. The van der Waals surface area contributed by atoms with Crippen molar-refractivity contribution in [3.8, 4) is 0 Å². The maximum atomic E-state index is 12.9. The van der Waals surface area contributed by atoms with E-state index in [2.05, 4.69) is 10.3 Å². The first-order chi connectivity index (χ1) is 15.9. The average molecular weight is 520 g/mol. The number of hydrogen-bond acceptors (Lipinski definition) is 6. The van der Waals surface area contributed by atoms with Crippen LogP contribution in [0.15, 0.2) is 40.7 Å². The summed E-state index contributed by atoms with van der Waals surface area (Å²) in [4.78, 5) is 44.0. The van der Waals surface area contributed by atoms with E-state index < -0.39 is 0 Å². The minimum atomic E-state index is -0.208. The molecular weight excluding hydrogens is 501 g/mol. The van der Waals surface area contributed by atoms with Crippen LogP contribution < -0.4 is 10.2 Å². The number of aromatic nitrogens is 1. The Bertz CT molecular complexity index is 1260. The molecule has 1 saturated carbocycles. The summed E-state index contributed by atoms with van der Waals surface area (Å²) in [5.41, 5.74) is 1.87. The summed E-state index contributed by atoms with van der Waals surface area (Å²) in [6.45, 7) is 0. The molecule has 5 rings (SSSR count).